The lowest BCUT2D eigenvalue weighted by molar-refractivity contribution is 0.300. The molecule has 1 heterocycles. The summed E-state index contributed by atoms with van der Waals surface area (Å²) in [4.78, 5) is 0. The van der Waals surface area contributed by atoms with Crippen LogP contribution in [0.4, 0.5) is 0 Å². The zero-order valence-electron chi connectivity index (χ0n) is 6.92. The summed E-state index contributed by atoms with van der Waals surface area (Å²) in [7, 11) is -0.797. The first-order valence-corrected chi connectivity index (χ1v) is 8.12. The van der Waals surface area contributed by atoms with Gasteiger partial charge in [0.05, 0.1) is 0 Å². The van der Waals surface area contributed by atoms with Gasteiger partial charge in [-0.2, -0.15) is 11.2 Å². The van der Waals surface area contributed by atoms with Crippen molar-refractivity contribution >= 4 is 19.4 Å². The summed E-state index contributed by atoms with van der Waals surface area (Å²) in [6.45, 7) is 1.85. The average molecular weight is 191 g/mol. The van der Waals surface area contributed by atoms with E-state index in [2.05, 4.69) is 11.2 Å². The standard InChI is InChI=1S/C7H17NOSSi/c8-4-3-6-10-11-7-2-1-5-9-11/h11H,1-8H2. The van der Waals surface area contributed by atoms with Crippen LogP contribution in [0.1, 0.15) is 19.3 Å². The third kappa shape index (κ3) is 4.15. The molecule has 4 heteroatoms. The van der Waals surface area contributed by atoms with Crippen molar-refractivity contribution in [2.45, 2.75) is 25.3 Å². The fraction of sp³-hybridized carbons (Fsp3) is 1.00. The highest BCUT2D eigenvalue weighted by Crippen LogP contribution is 2.20. The molecule has 1 saturated heterocycles. The van der Waals surface area contributed by atoms with Crippen molar-refractivity contribution in [3.8, 4) is 0 Å². The summed E-state index contributed by atoms with van der Waals surface area (Å²) in [6, 6.07) is 1.37. The second kappa shape index (κ2) is 6.05. The number of rotatable bonds is 4. The minimum atomic E-state index is -0.797. The molecule has 0 aromatic heterocycles. The van der Waals surface area contributed by atoms with Gasteiger partial charge in [0, 0.05) is 6.61 Å². The summed E-state index contributed by atoms with van der Waals surface area (Å²) >= 11 is 2.06. The van der Waals surface area contributed by atoms with E-state index in [9.17, 15) is 0 Å². The molecule has 2 nitrogen and oxygen atoms in total. The highest BCUT2D eigenvalue weighted by atomic mass is 32.4. The van der Waals surface area contributed by atoms with Crippen LogP contribution < -0.4 is 5.73 Å². The summed E-state index contributed by atoms with van der Waals surface area (Å²) in [5.74, 6) is 1.22. The van der Waals surface area contributed by atoms with Crippen LogP contribution in [0, 0.1) is 0 Å². The van der Waals surface area contributed by atoms with Gasteiger partial charge in [0.15, 0.2) is 0 Å². The maximum atomic E-state index is 5.69. The molecule has 66 valence electrons. The molecule has 0 aromatic rings. The van der Waals surface area contributed by atoms with Crippen molar-refractivity contribution in [2.75, 3.05) is 18.9 Å². The van der Waals surface area contributed by atoms with Crippen molar-refractivity contribution in [2.24, 2.45) is 5.73 Å². The zero-order valence-corrected chi connectivity index (χ0v) is 8.89. The van der Waals surface area contributed by atoms with Gasteiger partial charge in [-0.05, 0) is 31.2 Å². The smallest absolute Gasteiger partial charge is 0.238 e. The summed E-state index contributed by atoms with van der Waals surface area (Å²) in [5.41, 5.74) is 5.41. The summed E-state index contributed by atoms with van der Waals surface area (Å²) in [6.07, 6.45) is 3.82. The van der Waals surface area contributed by atoms with Gasteiger partial charge in [-0.25, -0.2) is 0 Å². The Morgan fingerprint density at radius 3 is 3.00 bits per heavy atom. The molecule has 2 N–H and O–H groups in total. The molecule has 0 spiro atoms. The predicted octanol–water partition coefficient (Wildman–Crippen LogP) is 1.10. The molecule has 1 aliphatic heterocycles. The lowest BCUT2D eigenvalue weighted by Crippen LogP contribution is -2.20. The van der Waals surface area contributed by atoms with Gasteiger partial charge in [-0.3, -0.25) is 0 Å². The molecule has 0 bridgehead atoms. The van der Waals surface area contributed by atoms with Crippen LogP contribution in [-0.2, 0) is 4.43 Å². The van der Waals surface area contributed by atoms with Crippen molar-refractivity contribution in [3.63, 3.8) is 0 Å². The van der Waals surface area contributed by atoms with E-state index in [1.54, 1.807) is 0 Å². The molecule has 0 amide bonds. The Morgan fingerprint density at radius 1 is 1.45 bits per heavy atom. The van der Waals surface area contributed by atoms with Crippen molar-refractivity contribution in [1.82, 2.24) is 0 Å². The first-order valence-electron chi connectivity index (χ1n) is 4.37. The second-order valence-electron chi connectivity index (χ2n) is 2.81. The largest absolute Gasteiger partial charge is 0.410 e. The Balaban J connectivity index is 1.96. The van der Waals surface area contributed by atoms with Gasteiger partial charge in [-0.15, -0.1) is 0 Å². The lowest BCUT2D eigenvalue weighted by Gasteiger charge is -2.20. The fourth-order valence-corrected chi connectivity index (χ4v) is 6.08. The number of nitrogens with two attached hydrogens (primary N) is 1. The minimum absolute atomic E-state index is 0.797. The monoisotopic (exact) mass is 191 g/mol. The molecule has 1 aliphatic rings. The molecule has 1 atom stereocenters. The molecule has 11 heavy (non-hydrogen) atoms. The van der Waals surface area contributed by atoms with E-state index >= 15 is 0 Å². The molecular formula is C7H17NOSSi. The van der Waals surface area contributed by atoms with E-state index in [-0.39, 0.29) is 0 Å². The Kier molecular flexibility index (Phi) is 5.27. The lowest BCUT2D eigenvalue weighted by atomic mass is 10.4. The van der Waals surface area contributed by atoms with Gasteiger partial charge in [0.2, 0.25) is 8.19 Å². The Labute approximate surface area is 74.2 Å². The van der Waals surface area contributed by atoms with E-state index in [1.807, 2.05) is 0 Å². The Morgan fingerprint density at radius 2 is 2.36 bits per heavy atom. The number of hydrogen-bond acceptors (Lipinski definition) is 3. The number of hydrogen-bond donors (Lipinski definition) is 1. The molecule has 1 rings (SSSR count). The van der Waals surface area contributed by atoms with Crippen LogP contribution in [0.2, 0.25) is 6.04 Å². The highest BCUT2D eigenvalue weighted by molar-refractivity contribution is 8.24. The van der Waals surface area contributed by atoms with Crippen molar-refractivity contribution in [1.29, 1.82) is 0 Å². The minimum Gasteiger partial charge on any atom is -0.410 e. The zero-order chi connectivity index (χ0) is 7.94. The molecule has 0 aromatic carbocycles. The highest BCUT2D eigenvalue weighted by Gasteiger charge is 2.15. The average Bonchev–Trinajstić information content (AvgIpc) is 2.07. The normalized spacial score (nSPS) is 25.4. The van der Waals surface area contributed by atoms with Crippen LogP contribution in [0.15, 0.2) is 0 Å². The molecule has 1 fully saturated rings. The van der Waals surface area contributed by atoms with Gasteiger partial charge in [0.1, 0.15) is 0 Å². The molecule has 0 aliphatic carbocycles. The van der Waals surface area contributed by atoms with Crippen LogP contribution in [-0.4, -0.2) is 27.1 Å². The Hall–Kier alpha value is 0.487. The topological polar surface area (TPSA) is 35.2 Å². The predicted molar refractivity (Wildman–Crippen MR) is 53.3 cm³/mol. The first kappa shape index (κ1) is 9.57. The van der Waals surface area contributed by atoms with Gasteiger partial charge >= 0.3 is 0 Å². The van der Waals surface area contributed by atoms with E-state index < -0.39 is 8.19 Å². The van der Waals surface area contributed by atoms with Crippen LogP contribution >= 0.6 is 11.2 Å². The van der Waals surface area contributed by atoms with Gasteiger partial charge in [-0.1, -0.05) is 6.42 Å². The molecule has 1 unspecified atom stereocenters. The van der Waals surface area contributed by atoms with E-state index in [0.717, 1.165) is 19.6 Å². The Bertz CT molecular complexity index is 98.4. The van der Waals surface area contributed by atoms with Gasteiger partial charge < -0.3 is 10.2 Å². The SMILES string of the molecule is NCCCS[SiH]1CCCCO1. The maximum Gasteiger partial charge on any atom is 0.238 e. The second-order valence-corrected chi connectivity index (χ2v) is 7.90. The molecular weight excluding hydrogens is 174 g/mol. The van der Waals surface area contributed by atoms with E-state index in [4.69, 9.17) is 10.2 Å². The quantitative estimate of drug-likeness (QED) is 0.534. The maximum absolute atomic E-state index is 5.69. The van der Waals surface area contributed by atoms with Crippen LogP contribution in [0.5, 0.6) is 0 Å². The fourth-order valence-electron chi connectivity index (χ4n) is 1.14. The van der Waals surface area contributed by atoms with Crippen LogP contribution in [0.25, 0.3) is 0 Å². The van der Waals surface area contributed by atoms with Crippen molar-refractivity contribution in [3.05, 3.63) is 0 Å². The van der Waals surface area contributed by atoms with E-state index in [1.165, 1.54) is 24.6 Å². The molecule has 0 radical (unpaired) electrons. The third-order valence-corrected chi connectivity index (χ3v) is 7.11. The summed E-state index contributed by atoms with van der Waals surface area (Å²) < 4.78 is 5.69. The first-order chi connectivity index (χ1) is 5.43. The third-order valence-electron chi connectivity index (χ3n) is 1.79. The summed E-state index contributed by atoms with van der Waals surface area (Å²) in [5, 5.41) is 0. The van der Waals surface area contributed by atoms with Gasteiger partial charge in [0.25, 0.3) is 0 Å². The molecule has 0 saturated carbocycles. The van der Waals surface area contributed by atoms with Crippen molar-refractivity contribution < 1.29 is 4.43 Å². The van der Waals surface area contributed by atoms with E-state index in [0.29, 0.717) is 0 Å². The van der Waals surface area contributed by atoms with Crippen LogP contribution in [0.3, 0.4) is 0 Å².